The molecule has 0 unspecified atom stereocenters. The Morgan fingerprint density at radius 2 is 1.85 bits per heavy atom. The van der Waals surface area contributed by atoms with Gasteiger partial charge in [-0.05, 0) is 43.5 Å². The number of hydrogen-bond donors (Lipinski definition) is 0. The SMILES string of the molecule is CN1CCN(CCC(=O)c2ccc3c(c2)CCC3)CC1. The molecule has 3 heteroatoms. The van der Waals surface area contributed by atoms with Crippen LogP contribution in [0, 0.1) is 0 Å². The first-order valence-electron chi connectivity index (χ1n) is 7.78. The number of ketones is 1. The van der Waals surface area contributed by atoms with Gasteiger partial charge in [-0.25, -0.2) is 0 Å². The molecule has 20 heavy (non-hydrogen) atoms. The number of benzene rings is 1. The molecule has 0 atom stereocenters. The van der Waals surface area contributed by atoms with Crippen molar-refractivity contribution in [2.24, 2.45) is 0 Å². The van der Waals surface area contributed by atoms with Crippen LogP contribution in [0.5, 0.6) is 0 Å². The number of Topliss-reactive ketones (excluding diaryl/α,β-unsaturated/α-hetero) is 1. The predicted molar refractivity (Wildman–Crippen MR) is 81.4 cm³/mol. The molecule has 2 aliphatic rings. The Bertz CT molecular complexity index is 490. The summed E-state index contributed by atoms with van der Waals surface area (Å²) < 4.78 is 0. The zero-order chi connectivity index (χ0) is 13.9. The highest BCUT2D eigenvalue weighted by molar-refractivity contribution is 5.96. The van der Waals surface area contributed by atoms with Crippen LogP contribution in [0.1, 0.15) is 34.3 Å². The third-order valence-corrected chi connectivity index (χ3v) is 4.67. The van der Waals surface area contributed by atoms with Crippen molar-refractivity contribution in [3.05, 3.63) is 34.9 Å². The molecule has 1 saturated heterocycles. The number of piperazine rings is 1. The lowest BCUT2D eigenvalue weighted by molar-refractivity contribution is 0.0942. The summed E-state index contributed by atoms with van der Waals surface area (Å²) in [6, 6.07) is 6.32. The first-order chi connectivity index (χ1) is 9.72. The third kappa shape index (κ3) is 3.10. The number of rotatable bonds is 4. The summed E-state index contributed by atoms with van der Waals surface area (Å²) in [6.45, 7) is 5.33. The monoisotopic (exact) mass is 272 g/mol. The Morgan fingerprint density at radius 1 is 1.10 bits per heavy atom. The van der Waals surface area contributed by atoms with E-state index in [0.717, 1.165) is 44.7 Å². The van der Waals surface area contributed by atoms with Crippen LogP contribution in [-0.4, -0.2) is 55.4 Å². The number of aryl methyl sites for hydroxylation is 2. The van der Waals surface area contributed by atoms with Crippen LogP contribution in [0.25, 0.3) is 0 Å². The second-order valence-electron chi connectivity index (χ2n) is 6.16. The van der Waals surface area contributed by atoms with Gasteiger partial charge in [0.25, 0.3) is 0 Å². The fourth-order valence-corrected chi connectivity index (χ4v) is 3.22. The third-order valence-electron chi connectivity index (χ3n) is 4.67. The number of hydrogen-bond acceptors (Lipinski definition) is 3. The summed E-state index contributed by atoms with van der Waals surface area (Å²) in [5, 5.41) is 0. The average molecular weight is 272 g/mol. The lowest BCUT2D eigenvalue weighted by Crippen LogP contribution is -2.45. The summed E-state index contributed by atoms with van der Waals surface area (Å²) in [6.07, 6.45) is 4.23. The summed E-state index contributed by atoms with van der Waals surface area (Å²) in [5.41, 5.74) is 3.76. The van der Waals surface area contributed by atoms with E-state index in [1.54, 1.807) is 0 Å². The van der Waals surface area contributed by atoms with Gasteiger partial charge in [0, 0.05) is 44.7 Å². The van der Waals surface area contributed by atoms with Crippen molar-refractivity contribution in [2.45, 2.75) is 25.7 Å². The molecule has 1 aromatic rings. The minimum absolute atomic E-state index is 0.304. The van der Waals surface area contributed by atoms with Gasteiger partial charge in [-0.15, -0.1) is 0 Å². The smallest absolute Gasteiger partial charge is 0.164 e. The minimum Gasteiger partial charge on any atom is -0.304 e. The zero-order valence-electron chi connectivity index (χ0n) is 12.4. The molecule has 0 radical (unpaired) electrons. The van der Waals surface area contributed by atoms with Crippen molar-refractivity contribution in [3.8, 4) is 0 Å². The van der Waals surface area contributed by atoms with Crippen LogP contribution in [0.2, 0.25) is 0 Å². The van der Waals surface area contributed by atoms with Gasteiger partial charge < -0.3 is 9.80 Å². The quantitative estimate of drug-likeness (QED) is 0.783. The first kappa shape index (κ1) is 13.8. The van der Waals surface area contributed by atoms with Gasteiger partial charge in [0.2, 0.25) is 0 Å². The van der Waals surface area contributed by atoms with E-state index in [9.17, 15) is 4.79 Å². The largest absolute Gasteiger partial charge is 0.304 e. The van der Waals surface area contributed by atoms with Crippen molar-refractivity contribution in [1.82, 2.24) is 9.80 Å². The van der Waals surface area contributed by atoms with E-state index in [-0.39, 0.29) is 0 Å². The molecular formula is C17H24N2O. The van der Waals surface area contributed by atoms with Crippen molar-refractivity contribution < 1.29 is 4.79 Å². The highest BCUT2D eigenvalue weighted by Crippen LogP contribution is 2.23. The Morgan fingerprint density at radius 3 is 2.65 bits per heavy atom. The predicted octanol–water partition coefficient (Wildman–Crippen LogP) is 2.00. The van der Waals surface area contributed by atoms with Crippen LogP contribution < -0.4 is 0 Å². The molecule has 1 aromatic carbocycles. The number of nitrogens with zero attached hydrogens (tertiary/aromatic N) is 2. The standard InChI is InChI=1S/C17H24N2O/c1-18-9-11-19(12-10-18)8-7-17(20)16-6-5-14-3-2-4-15(14)13-16/h5-6,13H,2-4,7-12H2,1H3. The second-order valence-corrected chi connectivity index (χ2v) is 6.16. The molecule has 3 nitrogen and oxygen atoms in total. The Kier molecular flexibility index (Phi) is 4.18. The Labute approximate surface area is 121 Å². The van der Waals surface area contributed by atoms with E-state index in [1.807, 2.05) is 6.07 Å². The van der Waals surface area contributed by atoms with Gasteiger partial charge >= 0.3 is 0 Å². The number of likely N-dealkylation sites (N-methyl/N-ethyl adjacent to an activating group) is 1. The van der Waals surface area contributed by atoms with Crippen LogP contribution >= 0.6 is 0 Å². The molecule has 1 aliphatic heterocycles. The van der Waals surface area contributed by atoms with E-state index in [4.69, 9.17) is 0 Å². The maximum Gasteiger partial charge on any atom is 0.164 e. The van der Waals surface area contributed by atoms with Crippen molar-refractivity contribution in [3.63, 3.8) is 0 Å². The van der Waals surface area contributed by atoms with Crippen molar-refractivity contribution in [1.29, 1.82) is 0 Å². The molecular weight excluding hydrogens is 248 g/mol. The number of carbonyl (C=O) groups is 1. The van der Waals surface area contributed by atoms with E-state index in [1.165, 1.54) is 24.0 Å². The van der Waals surface area contributed by atoms with Crippen LogP contribution in [0.15, 0.2) is 18.2 Å². The van der Waals surface area contributed by atoms with Crippen molar-refractivity contribution >= 4 is 5.78 Å². The van der Waals surface area contributed by atoms with Gasteiger partial charge in [-0.2, -0.15) is 0 Å². The molecule has 0 spiro atoms. The molecule has 108 valence electrons. The molecule has 0 aromatic heterocycles. The molecule has 0 bridgehead atoms. The number of carbonyl (C=O) groups excluding carboxylic acids is 1. The molecule has 1 aliphatic carbocycles. The van der Waals surface area contributed by atoms with Crippen LogP contribution in [0.3, 0.4) is 0 Å². The topological polar surface area (TPSA) is 23.6 Å². The van der Waals surface area contributed by atoms with Crippen LogP contribution in [-0.2, 0) is 12.8 Å². The van der Waals surface area contributed by atoms with Crippen molar-refractivity contribution in [2.75, 3.05) is 39.8 Å². The number of fused-ring (bicyclic) bond motifs is 1. The highest BCUT2D eigenvalue weighted by atomic mass is 16.1. The van der Waals surface area contributed by atoms with Gasteiger partial charge in [0.15, 0.2) is 5.78 Å². The summed E-state index contributed by atoms with van der Waals surface area (Å²) in [7, 11) is 2.16. The Hall–Kier alpha value is -1.19. The van der Waals surface area contributed by atoms with Gasteiger partial charge in [-0.3, -0.25) is 4.79 Å². The lowest BCUT2D eigenvalue weighted by Gasteiger charge is -2.32. The maximum absolute atomic E-state index is 12.3. The normalized spacial score (nSPS) is 20.1. The molecule has 3 rings (SSSR count). The van der Waals surface area contributed by atoms with E-state index < -0.39 is 0 Å². The molecule has 0 saturated carbocycles. The first-order valence-corrected chi connectivity index (χ1v) is 7.78. The summed E-state index contributed by atoms with van der Waals surface area (Å²) >= 11 is 0. The highest BCUT2D eigenvalue weighted by Gasteiger charge is 2.17. The second kappa shape index (κ2) is 6.06. The zero-order valence-corrected chi connectivity index (χ0v) is 12.4. The fourth-order valence-electron chi connectivity index (χ4n) is 3.22. The van der Waals surface area contributed by atoms with E-state index in [0.29, 0.717) is 12.2 Å². The maximum atomic E-state index is 12.3. The van der Waals surface area contributed by atoms with Crippen LogP contribution in [0.4, 0.5) is 0 Å². The molecule has 0 N–H and O–H groups in total. The van der Waals surface area contributed by atoms with Gasteiger partial charge in [0.05, 0.1) is 0 Å². The van der Waals surface area contributed by atoms with Gasteiger partial charge in [-0.1, -0.05) is 12.1 Å². The summed E-state index contributed by atoms with van der Waals surface area (Å²) in [4.78, 5) is 17.1. The lowest BCUT2D eigenvalue weighted by atomic mass is 10.0. The Balaban J connectivity index is 1.54. The van der Waals surface area contributed by atoms with E-state index in [2.05, 4.69) is 29.0 Å². The average Bonchev–Trinajstić information content (AvgIpc) is 2.93. The molecule has 0 amide bonds. The van der Waals surface area contributed by atoms with E-state index >= 15 is 0 Å². The van der Waals surface area contributed by atoms with Gasteiger partial charge in [0.1, 0.15) is 0 Å². The fraction of sp³-hybridized carbons (Fsp3) is 0.588. The molecule has 1 heterocycles. The molecule has 1 fully saturated rings. The summed E-state index contributed by atoms with van der Waals surface area (Å²) in [5.74, 6) is 0.304. The minimum atomic E-state index is 0.304.